The van der Waals surface area contributed by atoms with E-state index in [0.29, 0.717) is 12.0 Å². The molecule has 0 spiro atoms. The summed E-state index contributed by atoms with van der Waals surface area (Å²) < 4.78 is 0. The normalized spacial score (nSPS) is 12.6. The van der Waals surface area contributed by atoms with Crippen LogP contribution in [0.3, 0.4) is 0 Å². The number of carbonyl (C=O) groups excluding carboxylic acids is 1. The minimum atomic E-state index is -0.527. The van der Waals surface area contributed by atoms with Gasteiger partial charge < -0.3 is 15.3 Å². The van der Waals surface area contributed by atoms with Gasteiger partial charge in [0.2, 0.25) is 5.91 Å². The summed E-state index contributed by atoms with van der Waals surface area (Å²) in [7, 11) is 0. The van der Waals surface area contributed by atoms with E-state index in [4.69, 9.17) is 10.2 Å². The maximum Gasteiger partial charge on any atom is 0.240 e. The van der Waals surface area contributed by atoms with E-state index in [1.54, 1.807) is 6.92 Å². The fourth-order valence-electron chi connectivity index (χ4n) is 1.21. The molecule has 0 aromatic heterocycles. The van der Waals surface area contributed by atoms with Crippen molar-refractivity contribution < 1.29 is 20.1 Å². The van der Waals surface area contributed by atoms with Crippen LogP contribution in [0.2, 0.25) is 0 Å². The minimum absolute atomic E-state index is 0.0504. The predicted octanol–water partition coefficient (Wildman–Crippen LogP) is 0.709. The summed E-state index contributed by atoms with van der Waals surface area (Å²) in [6.45, 7) is 1.60. The first-order valence-corrected chi connectivity index (χ1v) is 5.51. The molecule has 0 aliphatic heterocycles. The van der Waals surface area contributed by atoms with E-state index in [2.05, 4.69) is 10.5 Å². The molecule has 0 radical (unpaired) electrons. The Morgan fingerprint density at radius 3 is 2.83 bits per heavy atom. The molecule has 6 heteroatoms. The molecule has 0 unspecified atom stereocenters. The molecule has 4 N–H and O–H groups in total. The zero-order chi connectivity index (χ0) is 13.5. The molecular weight excluding hydrogens is 236 g/mol. The predicted molar refractivity (Wildman–Crippen MR) is 66.4 cm³/mol. The molecule has 0 heterocycles. The van der Waals surface area contributed by atoms with Crippen molar-refractivity contribution >= 4 is 12.1 Å². The molecule has 0 aliphatic carbocycles. The first kappa shape index (κ1) is 14.0. The van der Waals surface area contributed by atoms with Crippen molar-refractivity contribution in [1.29, 1.82) is 0 Å². The van der Waals surface area contributed by atoms with E-state index in [0.717, 1.165) is 0 Å². The van der Waals surface area contributed by atoms with Crippen molar-refractivity contribution in [3.63, 3.8) is 0 Å². The van der Waals surface area contributed by atoms with Gasteiger partial charge in [0.05, 0.1) is 12.3 Å². The second-order valence-corrected chi connectivity index (χ2v) is 3.92. The maximum atomic E-state index is 11.2. The van der Waals surface area contributed by atoms with Crippen LogP contribution in [0.25, 0.3) is 0 Å². The number of hydrazone groups is 1. The number of hydrogen-bond acceptors (Lipinski definition) is 5. The number of rotatable bonds is 5. The molecule has 0 saturated heterocycles. The summed E-state index contributed by atoms with van der Waals surface area (Å²) in [6.07, 6.45) is 1.29. The van der Waals surface area contributed by atoms with E-state index in [-0.39, 0.29) is 23.8 Å². The fourth-order valence-corrected chi connectivity index (χ4v) is 1.21. The molecule has 0 fully saturated rings. The molecule has 18 heavy (non-hydrogen) atoms. The van der Waals surface area contributed by atoms with Crippen LogP contribution in [0.4, 0.5) is 0 Å². The lowest BCUT2D eigenvalue weighted by Crippen LogP contribution is -2.18. The Labute approximate surface area is 105 Å². The molecule has 0 saturated carbocycles. The highest BCUT2D eigenvalue weighted by atomic mass is 16.3. The van der Waals surface area contributed by atoms with Crippen LogP contribution >= 0.6 is 0 Å². The van der Waals surface area contributed by atoms with Crippen molar-refractivity contribution in [3.8, 4) is 11.5 Å². The van der Waals surface area contributed by atoms with Crippen LogP contribution in [0.1, 0.15) is 25.3 Å². The van der Waals surface area contributed by atoms with Crippen LogP contribution in [-0.2, 0) is 4.79 Å². The Morgan fingerprint density at radius 1 is 1.50 bits per heavy atom. The number of nitrogens with zero attached hydrogens (tertiary/aromatic N) is 1. The highest BCUT2D eigenvalue weighted by molar-refractivity contribution is 5.85. The zero-order valence-electron chi connectivity index (χ0n) is 10.00. The SMILES string of the molecule is C[C@H](O)CCC(=O)N/N=C/c1ccc(O)cc1O. The van der Waals surface area contributed by atoms with Gasteiger partial charge in [-0.15, -0.1) is 0 Å². The number of amides is 1. The van der Waals surface area contributed by atoms with Crippen molar-refractivity contribution in [2.75, 3.05) is 0 Å². The fraction of sp³-hybridized carbons (Fsp3) is 0.333. The Balaban J connectivity index is 2.47. The third-order valence-electron chi connectivity index (χ3n) is 2.20. The number of aliphatic hydroxyl groups is 1. The number of phenols is 2. The van der Waals surface area contributed by atoms with E-state index < -0.39 is 6.10 Å². The first-order chi connectivity index (χ1) is 8.49. The van der Waals surface area contributed by atoms with E-state index in [1.807, 2.05) is 0 Å². The molecule has 1 rings (SSSR count). The quantitative estimate of drug-likeness (QED) is 0.458. The van der Waals surface area contributed by atoms with Gasteiger partial charge in [0.1, 0.15) is 11.5 Å². The minimum Gasteiger partial charge on any atom is -0.508 e. The monoisotopic (exact) mass is 252 g/mol. The molecule has 98 valence electrons. The molecule has 0 bridgehead atoms. The number of phenolic OH excluding ortho intramolecular Hbond substituents is 2. The standard InChI is InChI=1S/C12H16N2O4/c1-8(15)2-5-12(18)14-13-7-9-3-4-10(16)6-11(9)17/h3-4,6-8,15-17H,2,5H2,1H3,(H,14,18)/b13-7+/t8-/m0/s1. The summed E-state index contributed by atoms with van der Waals surface area (Å²) in [6, 6.07) is 4.04. The zero-order valence-corrected chi connectivity index (χ0v) is 10.00. The number of benzene rings is 1. The number of aliphatic hydroxyl groups excluding tert-OH is 1. The molecule has 1 aromatic rings. The average Bonchev–Trinajstić information content (AvgIpc) is 2.29. The van der Waals surface area contributed by atoms with E-state index in [1.165, 1.54) is 24.4 Å². The lowest BCUT2D eigenvalue weighted by molar-refractivity contribution is -0.121. The summed E-state index contributed by atoms with van der Waals surface area (Å²) in [4.78, 5) is 11.2. The summed E-state index contributed by atoms with van der Waals surface area (Å²) in [5.74, 6) is -0.493. The Bertz CT molecular complexity index is 444. The number of hydrogen-bond donors (Lipinski definition) is 4. The van der Waals surface area contributed by atoms with Gasteiger partial charge in [0, 0.05) is 18.1 Å². The lowest BCUT2D eigenvalue weighted by Gasteiger charge is -2.02. The average molecular weight is 252 g/mol. The molecule has 1 amide bonds. The third-order valence-corrected chi connectivity index (χ3v) is 2.20. The van der Waals surface area contributed by atoms with E-state index in [9.17, 15) is 9.90 Å². The summed E-state index contributed by atoms with van der Waals surface area (Å²) >= 11 is 0. The summed E-state index contributed by atoms with van der Waals surface area (Å²) in [5.41, 5.74) is 2.65. The molecule has 1 aromatic carbocycles. The van der Waals surface area contributed by atoms with Crippen LogP contribution < -0.4 is 5.43 Å². The van der Waals surface area contributed by atoms with Crippen LogP contribution in [0.15, 0.2) is 23.3 Å². The van der Waals surface area contributed by atoms with Gasteiger partial charge in [-0.2, -0.15) is 5.10 Å². The Kier molecular flexibility index (Phi) is 5.13. The van der Waals surface area contributed by atoms with Gasteiger partial charge in [-0.3, -0.25) is 4.79 Å². The van der Waals surface area contributed by atoms with Crippen LogP contribution in [0, 0.1) is 0 Å². The molecule has 6 nitrogen and oxygen atoms in total. The number of nitrogens with one attached hydrogen (secondary N) is 1. The van der Waals surface area contributed by atoms with Gasteiger partial charge in [-0.05, 0) is 25.5 Å². The van der Waals surface area contributed by atoms with Crippen molar-refractivity contribution in [2.24, 2.45) is 5.10 Å². The second kappa shape index (κ2) is 6.61. The smallest absolute Gasteiger partial charge is 0.240 e. The highest BCUT2D eigenvalue weighted by Crippen LogP contribution is 2.20. The maximum absolute atomic E-state index is 11.2. The third kappa shape index (κ3) is 4.84. The van der Waals surface area contributed by atoms with Crippen LogP contribution in [0.5, 0.6) is 11.5 Å². The van der Waals surface area contributed by atoms with E-state index >= 15 is 0 Å². The first-order valence-electron chi connectivity index (χ1n) is 5.51. The van der Waals surface area contributed by atoms with Crippen molar-refractivity contribution in [1.82, 2.24) is 5.43 Å². The topological polar surface area (TPSA) is 102 Å². The van der Waals surface area contributed by atoms with Crippen LogP contribution in [-0.4, -0.2) is 33.5 Å². The number of carbonyl (C=O) groups is 1. The Hall–Kier alpha value is -2.08. The largest absolute Gasteiger partial charge is 0.508 e. The van der Waals surface area contributed by atoms with Crippen molar-refractivity contribution in [2.45, 2.75) is 25.9 Å². The second-order valence-electron chi connectivity index (χ2n) is 3.92. The van der Waals surface area contributed by atoms with Gasteiger partial charge in [0.15, 0.2) is 0 Å². The Morgan fingerprint density at radius 2 is 2.22 bits per heavy atom. The van der Waals surface area contributed by atoms with Gasteiger partial charge in [0.25, 0.3) is 0 Å². The van der Waals surface area contributed by atoms with Gasteiger partial charge >= 0.3 is 0 Å². The summed E-state index contributed by atoms with van der Waals surface area (Å²) in [5, 5.41) is 31.2. The lowest BCUT2D eigenvalue weighted by atomic mass is 10.2. The molecule has 0 aliphatic rings. The molecular formula is C12H16N2O4. The van der Waals surface area contributed by atoms with Crippen molar-refractivity contribution in [3.05, 3.63) is 23.8 Å². The highest BCUT2D eigenvalue weighted by Gasteiger charge is 2.03. The number of aromatic hydroxyl groups is 2. The van der Waals surface area contributed by atoms with Gasteiger partial charge in [-0.25, -0.2) is 5.43 Å². The molecule has 1 atom stereocenters. The van der Waals surface area contributed by atoms with Gasteiger partial charge in [-0.1, -0.05) is 0 Å².